The zero-order chi connectivity index (χ0) is 13.4. The van der Waals surface area contributed by atoms with Crippen molar-refractivity contribution in [2.75, 3.05) is 0 Å². The Hall–Kier alpha value is -1.83. The van der Waals surface area contributed by atoms with Crippen molar-refractivity contribution in [3.63, 3.8) is 0 Å². The molecule has 4 aromatic rings. The second-order valence-corrected chi connectivity index (χ2v) is 6.74. The van der Waals surface area contributed by atoms with Crippen molar-refractivity contribution < 1.29 is 0 Å². The molecule has 4 rings (SSSR count). The summed E-state index contributed by atoms with van der Waals surface area (Å²) in [6.07, 6.45) is 0. The molecular formula is C13H8N4S3. The number of thiophene rings is 3. The quantitative estimate of drug-likeness (QED) is 0.610. The summed E-state index contributed by atoms with van der Waals surface area (Å²) in [5, 5.41) is 22.7. The van der Waals surface area contributed by atoms with Crippen molar-refractivity contribution in [1.29, 1.82) is 0 Å². The van der Waals surface area contributed by atoms with Gasteiger partial charge in [0.2, 0.25) is 0 Å². The zero-order valence-corrected chi connectivity index (χ0v) is 12.6. The first-order valence-corrected chi connectivity index (χ1v) is 8.55. The van der Waals surface area contributed by atoms with Gasteiger partial charge in [0.1, 0.15) is 0 Å². The van der Waals surface area contributed by atoms with Crippen molar-refractivity contribution in [2.45, 2.75) is 0 Å². The van der Waals surface area contributed by atoms with Crippen LogP contribution in [0.5, 0.6) is 0 Å². The second-order valence-electron chi connectivity index (χ2n) is 4.13. The highest BCUT2D eigenvalue weighted by atomic mass is 32.1. The molecule has 4 nitrogen and oxygen atoms in total. The summed E-state index contributed by atoms with van der Waals surface area (Å²) in [6.45, 7) is 0. The van der Waals surface area contributed by atoms with E-state index in [0.29, 0.717) is 5.82 Å². The Kier molecular flexibility index (Phi) is 2.95. The molecule has 7 heteroatoms. The van der Waals surface area contributed by atoms with E-state index < -0.39 is 0 Å². The lowest BCUT2D eigenvalue weighted by atomic mass is 10.1. The van der Waals surface area contributed by atoms with Crippen molar-refractivity contribution in [2.24, 2.45) is 0 Å². The van der Waals surface area contributed by atoms with E-state index >= 15 is 0 Å². The number of nitrogens with zero attached hydrogens (tertiary/aromatic N) is 3. The standard InChI is InChI=1S/C13H8N4S3/c1-3-18-6-8(1)10-5-11(13-14-16-17-15-13)20-12(10)9-2-4-19-7-9/h1-7H,(H,14,15,16,17). The van der Waals surface area contributed by atoms with Gasteiger partial charge in [0.15, 0.2) is 5.82 Å². The van der Waals surface area contributed by atoms with E-state index in [0.717, 1.165) is 4.88 Å². The van der Waals surface area contributed by atoms with Crippen molar-refractivity contribution in [3.05, 3.63) is 39.7 Å². The van der Waals surface area contributed by atoms with Crippen LogP contribution in [0.15, 0.2) is 39.7 Å². The first-order chi connectivity index (χ1) is 9.92. The van der Waals surface area contributed by atoms with Gasteiger partial charge in [-0.05, 0) is 55.7 Å². The van der Waals surface area contributed by atoms with Gasteiger partial charge in [0.05, 0.1) is 4.88 Å². The maximum Gasteiger partial charge on any atom is 0.189 e. The molecule has 0 aliphatic heterocycles. The van der Waals surface area contributed by atoms with Gasteiger partial charge >= 0.3 is 0 Å². The third-order valence-electron chi connectivity index (χ3n) is 2.93. The molecule has 0 aromatic carbocycles. The van der Waals surface area contributed by atoms with Gasteiger partial charge in [-0.15, -0.1) is 16.4 Å². The summed E-state index contributed by atoms with van der Waals surface area (Å²) >= 11 is 5.13. The Balaban J connectivity index is 1.92. The number of tetrazole rings is 1. The molecule has 98 valence electrons. The number of nitrogens with one attached hydrogen (secondary N) is 1. The minimum absolute atomic E-state index is 0.716. The van der Waals surface area contributed by atoms with E-state index in [4.69, 9.17) is 0 Å². The summed E-state index contributed by atoms with van der Waals surface area (Å²) in [5.41, 5.74) is 3.73. The summed E-state index contributed by atoms with van der Waals surface area (Å²) in [4.78, 5) is 2.31. The number of rotatable bonds is 3. The molecule has 0 aliphatic rings. The predicted molar refractivity (Wildman–Crippen MR) is 84.1 cm³/mol. The van der Waals surface area contributed by atoms with Crippen LogP contribution in [-0.2, 0) is 0 Å². The van der Waals surface area contributed by atoms with Crippen LogP contribution in [0.3, 0.4) is 0 Å². The maximum absolute atomic E-state index is 4.00. The molecule has 20 heavy (non-hydrogen) atoms. The van der Waals surface area contributed by atoms with Crippen molar-refractivity contribution in [1.82, 2.24) is 20.6 Å². The van der Waals surface area contributed by atoms with Crippen LogP contribution >= 0.6 is 34.0 Å². The fraction of sp³-hybridized carbons (Fsp3) is 0. The SMILES string of the molecule is c1cc(-c2cc(-c3nnn[nH]3)sc2-c2ccsc2)cs1. The molecule has 0 atom stereocenters. The van der Waals surface area contributed by atoms with E-state index in [9.17, 15) is 0 Å². The smallest absolute Gasteiger partial charge is 0.189 e. The Labute approximate surface area is 126 Å². The Morgan fingerprint density at radius 3 is 2.45 bits per heavy atom. The van der Waals surface area contributed by atoms with Crippen LogP contribution < -0.4 is 0 Å². The van der Waals surface area contributed by atoms with Crippen LogP contribution in [-0.4, -0.2) is 20.6 Å². The lowest BCUT2D eigenvalue weighted by Gasteiger charge is -1.98. The van der Waals surface area contributed by atoms with E-state index in [1.807, 2.05) is 0 Å². The topological polar surface area (TPSA) is 54.5 Å². The minimum atomic E-state index is 0.716. The average Bonchev–Trinajstić information content (AvgIpc) is 3.22. The van der Waals surface area contributed by atoms with Crippen LogP contribution in [0.25, 0.3) is 32.3 Å². The summed E-state index contributed by atoms with van der Waals surface area (Å²) in [6, 6.07) is 6.45. The number of H-pyrrole nitrogens is 1. The normalized spacial score (nSPS) is 11.0. The van der Waals surface area contributed by atoms with Crippen molar-refractivity contribution >= 4 is 34.0 Å². The molecule has 4 aromatic heterocycles. The van der Waals surface area contributed by atoms with E-state index in [1.165, 1.54) is 21.6 Å². The first kappa shape index (κ1) is 12.0. The van der Waals surface area contributed by atoms with Crippen molar-refractivity contribution in [3.8, 4) is 32.3 Å². The summed E-state index contributed by atoms with van der Waals surface area (Å²) in [7, 11) is 0. The van der Waals surface area contributed by atoms with Gasteiger partial charge in [-0.3, -0.25) is 0 Å². The van der Waals surface area contributed by atoms with E-state index in [-0.39, 0.29) is 0 Å². The van der Waals surface area contributed by atoms with Gasteiger partial charge < -0.3 is 0 Å². The average molecular weight is 316 g/mol. The van der Waals surface area contributed by atoms with Gasteiger partial charge in [0.25, 0.3) is 0 Å². The van der Waals surface area contributed by atoms with Gasteiger partial charge in [0, 0.05) is 16.0 Å². The summed E-state index contributed by atoms with van der Waals surface area (Å²) in [5.74, 6) is 0.716. The molecule has 0 saturated carbocycles. The Bertz CT molecular complexity index is 746. The fourth-order valence-electron chi connectivity index (χ4n) is 2.01. The van der Waals surface area contributed by atoms with Crippen LogP contribution in [0.1, 0.15) is 0 Å². The highest BCUT2D eigenvalue weighted by molar-refractivity contribution is 7.19. The maximum atomic E-state index is 4.00. The second kappa shape index (κ2) is 4.93. The van der Waals surface area contributed by atoms with Gasteiger partial charge in [-0.2, -0.15) is 22.7 Å². The molecule has 0 amide bonds. The molecule has 0 aliphatic carbocycles. The van der Waals surface area contributed by atoms with Crippen LogP contribution in [0, 0.1) is 0 Å². The number of aromatic amines is 1. The Morgan fingerprint density at radius 2 is 1.80 bits per heavy atom. The van der Waals surface area contributed by atoms with E-state index in [2.05, 4.69) is 60.3 Å². The third-order valence-corrected chi connectivity index (χ3v) is 5.48. The number of aromatic nitrogens is 4. The molecule has 0 radical (unpaired) electrons. The molecule has 1 N–H and O–H groups in total. The molecule has 0 fully saturated rings. The molecule has 0 saturated heterocycles. The largest absolute Gasteiger partial charge is 0.238 e. The highest BCUT2D eigenvalue weighted by Gasteiger charge is 2.16. The lowest BCUT2D eigenvalue weighted by molar-refractivity contribution is 0.881. The molecule has 0 bridgehead atoms. The molecule has 4 heterocycles. The monoisotopic (exact) mass is 316 g/mol. The molecule has 0 spiro atoms. The van der Waals surface area contributed by atoms with Gasteiger partial charge in [-0.25, -0.2) is 5.10 Å². The molecule has 0 unspecified atom stereocenters. The highest BCUT2D eigenvalue weighted by Crippen LogP contribution is 2.43. The van der Waals surface area contributed by atoms with Crippen LogP contribution in [0.4, 0.5) is 0 Å². The number of hydrogen-bond donors (Lipinski definition) is 1. The number of hydrogen-bond acceptors (Lipinski definition) is 6. The Morgan fingerprint density at radius 1 is 1.00 bits per heavy atom. The third kappa shape index (κ3) is 2.00. The van der Waals surface area contributed by atoms with E-state index in [1.54, 1.807) is 34.0 Å². The minimum Gasteiger partial charge on any atom is -0.238 e. The van der Waals surface area contributed by atoms with Gasteiger partial charge in [-0.1, -0.05) is 0 Å². The predicted octanol–water partition coefficient (Wildman–Crippen LogP) is 4.39. The lowest BCUT2D eigenvalue weighted by Crippen LogP contribution is -1.74. The fourth-order valence-corrected chi connectivity index (χ4v) is 4.50. The molecular weight excluding hydrogens is 308 g/mol. The van der Waals surface area contributed by atoms with Crippen LogP contribution in [0.2, 0.25) is 0 Å². The zero-order valence-electron chi connectivity index (χ0n) is 10.1. The summed E-state index contributed by atoms with van der Waals surface area (Å²) < 4.78 is 0. The first-order valence-electron chi connectivity index (χ1n) is 5.85.